The van der Waals surface area contributed by atoms with Crippen molar-refractivity contribution in [1.29, 1.82) is 0 Å². The van der Waals surface area contributed by atoms with Crippen LogP contribution in [0.25, 0.3) is 0 Å². The summed E-state index contributed by atoms with van der Waals surface area (Å²) in [5, 5.41) is 4.69. The Morgan fingerprint density at radius 3 is 2.62 bits per heavy atom. The molecule has 1 unspecified atom stereocenters. The number of hydrogen-bond acceptors (Lipinski definition) is 2. The number of aryl methyl sites for hydroxylation is 1. The van der Waals surface area contributed by atoms with E-state index >= 15 is 0 Å². The Morgan fingerprint density at radius 2 is 1.95 bits per heavy atom. The van der Waals surface area contributed by atoms with E-state index in [1.807, 2.05) is 0 Å². The van der Waals surface area contributed by atoms with Gasteiger partial charge in [-0.15, -0.1) is 0 Å². The molecule has 0 aliphatic rings. The predicted octanol–water partition coefficient (Wildman–Crippen LogP) is 4.56. The molecule has 0 fully saturated rings. The second-order valence-corrected chi connectivity index (χ2v) is 6.45. The van der Waals surface area contributed by atoms with Gasteiger partial charge in [0.2, 0.25) is 0 Å². The quantitative estimate of drug-likeness (QED) is 0.830. The second-order valence-electron chi connectivity index (χ2n) is 5.59. The van der Waals surface area contributed by atoms with Gasteiger partial charge in [0.1, 0.15) is 0 Å². The molecule has 3 nitrogen and oxygen atoms in total. The van der Waals surface area contributed by atoms with Crippen LogP contribution in [-0.2, 0) is 6.42 Å². The molecule has 1 aromatic heterocycles. The molecule has 1 aromatic carbocycles. The summed E-state index contributed by atoms with van der Waals surface area (Å²) in [5.74, 6) is 0. The Kier molecular flexibility index (Phi) is 5.59. The summed E-state index contributed by atoms with van der Waals surface area (Å²) in [4.78, 5) is 0. The van der Waals surface area contributed by atoms with E-state index in [-0.39, 0.29) is 6.04 Å². The number of nitrogens with two attached hydrogens (primary N) is 1. The van der Waals surface area contributed by atoms with Crippen molar-refractivity contribution in [3.05, 3.63) is 51.8 Å². The molecule has 114 valence electrons. The molecular weight excluding hydrogens is 326 g/mol. The summed E-state index contributed by atoms with van der Waals surface area (Å²) in [6.45, 7) is 6.49. The van der Waals surface area contributed by atoms with Gasteiger partial charge in [0.05, 0.1) is 11.7 Å². The van der Waals surface area contributed by atoms with Gasteiger partial charge in [-0.3, -0.25) is 4.68 Å². The van der Waals surface area contributed by atoms with Crippen LogP contribution in [0.4, 0.5) is 0 Å². The minimum Gasteiger partial charge on any atom is -0.324 e. The zero-order chi connectivity index (χ0) is 15.4. The van der Waals surface area contributed by atoms with Crippen molar-refractivity contribution in [2.24, 2.45) is 5.73 Å². The van der Waals surface area contributed by atoms with E-state index in [9.17, 15) is 0 Å². The van der Waals surface area contributed by atoms with Crippen LogP contribution in [0, 0.1) is 6.92 Å². The molecule has 0 spiro atoms. The fourth-order valence-corrected chi connectivity index (χ4v) is 3.18. The van der Waals surface area contributed by atoms with Crippen molar-refractivity contribution in [2.75, 3.05) is 0 Å². The molecule has 2 N–H and O–H groups in total. The van der Waals surface area contributed by atoms with Crippen molar-refractivity contribution in [1.82, 2.24) is 9.78 Å². The Bertz CT molecular complexity index is 587. The Labute approximate surface area is 135 Å². The van der Waals surface area contributed by atoms with Crippen LogP contribution in [-0.4, -0.2) is 9.78 Å². The lowest BCUT2D eigenvalue weighted by atomic mass is 10.0. The minimum atomic E-state index is -0.0377. The van der Waals surface area contributed by atoms with E-state index in [0.717, 1.165) is 35.0 Å². The first kappa shape index (κ1) is 16.2. The normalized spacial score (nSPS) is 12.9. The van der Waals surface area contributed by atoms with Gasteiger partial charge in [-0.05, 0) is 37.5 Å². The third kappa shape index (κ3) is 3.95. The fraction of sp³-hybridized carbons (Fsp3) is 0.471. The minimum absolute atomic E-state index is 0.0377. The highest BCUT2D eigenvalue weighted by molar-refractivity contribution is 9.10. The maximum atomic E-state index is 6.37. The maximum absolute atomic E-state index is 6.37. The highest BCUT2D eigenvalue weighted by atomic mass is 79.9. The molecule has 4 heteroatoms. The van der Waals surface area contributed by atoms with Crippen LogP contribution in [0.3, 0.4) is 0 Å². The van der Waals surface area contributed by atoms with Gasteiger partial charge >= 0.3 is 0 Å². The predicted molar refractivity (Wildman–Crippen MR) is 91.4 cm³/mol. The largest absolute Gasteiger partial charge is 0.324 e. The van der Waals surface area contributed by atoms with Crippen LogP contribution in [0.1, 0.15) is 55.6 Å². The molecular formula is C17H24BrN3. The number of benzene rings is 1. The standard InChI is InChI=1S/C17H24BrN3/c1-4-14(5-2)21-9-8-13(20-21)11-17(19)15-10-12(3)6-7-16(15)18/h6-10,14,17H,4-5,11,19H2,1-3H3. The average molecular weight is 350 g/mol. The smallest absolute Gasteiger partial charge is 0.0643 e. The lowest BCUT2D eigenvalue weighted by Gasteiger charge is -2.14. The third-order valence-electron chi connectivity index (χ3n) is 3.96. The SMILES string of the molecule is CCC(CC)n1ccc(CC(N)c2cc(C)ccc2Br)n1. The maximum Gasteiger partial charge on any atom is 0.0643 e. The zero-order valence-corrected chi connectivity index (χ0v) is 14.6. The first-order valence-electron chi connectivity index (χ1n) is 7.60. The van der Waals surface area contributed by atoms with Crippen molar-refractivity contribution >= 4 is 15.9 Å². The van der Waals surface area contributed by atoms with Gasteiger partial charge in [-0.25, -0.2) is 0 Å². The van der Waals surface area contributed by atoms with Gasteiger partial charge in [0.25, 0.3) is 0 Å². The lowest BCUT2D eigenvalue weighted by Crippen LogP contribution is -2.15. The second kappa shape index (κ2) is 7.23. The summed E-state index contributed by atoms with van der Waals surface area (Å²) in [6.07, 6.45) is 5.04. The van der Waals surface area contributed by atoms with E-state index in [4.69, 9.17) is 10.8 Å². The van der Waals surface area contributed by atoms with Crippen LogP contribution in [0.15, 0.2) is 34.9 Å². The first-order valence-corrected chi connectivity index (χ1v) is 8.40. The van der Waals surface area contributed by atoms with Crippen molar-refractivity contribution in [2.45, 2.75) is 52.1 Å². The molecule has 2 aromatic rings. The van der Waals surface area contributed by atoms with Gasteiger partial charge in [-0.2, -0.15) is 5.10 Å². The first-order chi connectivity index (χ1) is 10.0. The summed E-state index contributed by atoms with van der Waals surface area (Å²) in [6, 6.07) is 8.83. The molecule has 2 rings (SSSR count). The molecule has 0 aliphatic carbocycles. The Morgan fingerprint density at radius 1 is 1.24 bits per heavy atom. The summed E-state index contributed by atoms with van der Waals surface area (Å²) in [5.41, 5.74) is 9.80. The van der Waals surface area contributed by atoms with Crippen LogP contribution in [0.5, 0.6) is 0 Å². The Hall–Kier alpha value is -1.13. The van der Waals surface area contributed by atoms with Crippen LogP contribution >= 0.6 is 15.9 Å². The van der Waals surface area contributed by atoms with E-state index in [1.165, 1.54) is 5.56 Å². The van der Waals surface area contributed by atoms with Crippen molar-refractivity contribution in [3.63, 3.8) is 0 Å². The number of nitrogens with zero attached hydrogens (tertiary/aromatic N) is 2. The monoisotopic (exact) mass is 349 g/mol. The van der Waals surface area contributed by atoms with E-state index in [0.29, 0.717) is 6.04 Å². The molecule has 1 heterocycles. The number of aromatic nitrogens is 2. The highest BCUT2D eigenvalue weighted by Crippen LogP contribution is 2.25. The van der Waals surface area contributed by atoms with Crippen LogP contribution in [0.2, 0.25) is 0 Å². The molecule has 0 radical (unpaired) electrons. The summed E-state index contributed by atoms with van der Waals surface area (Å²) in [7, 11) is 0. The van der Waals surface area contributed by atoms with Gasteiger partial charge in [0.15, 0.2) is 0 Å². The van der Waals surface area contributed by atoms with Crippen molar-refractivity contribution < 1.29 is 0 Å². The van der Waals surface area contributed by atoms with Gasteiger partial charge in [0, 0.05) is 23.1 Å². The molecule has 21 heavy (non-hydrogen) atoms. The lowest BCUT2D eigenvalue weighted by molar-refractivity contribution is 0.424. The topological polar surface area (TPSA) is 43.8 Å². The van der Waals surface area contributed by atoms with Crippen LogP contribution < -0.4 is 5.73 Å². The molecule has 0 saturated heterocycles. The van der Waals surface area contributed by atoms with E-state index < -0.39 is 0 Å². The highest BCUT2D eigenvalue weighted by Gasteiger charge is 2.14. The van der Waals surface area contributed by atoms with E-state index in [1.54, 1.807) is 0 Å². The van der Waals surface area contributed by atoms with E-state index in [2.05, 4.69) is 71.8 Å². The van der Waals surface area contributed by atoms with Crippen molar-refractivity contribution in [3.8, 4) is 0 Å². The third-order valence-corrected chi connectivity index (χ3v) is 4.68. The molecule has 0 amide bonds. The molecule has 1 atom stereocenters. The number of rotatable bonds is 6. The van der Waals surface area contributed by atoms with Gasteiger partial charge in [-0.1, -0.05) is 47.5 Å². The van der Waals surface area contributed by atoms with Gasteiger partial charge < -0.3 is 5.73 Å². The Balaban J connectivity index is 2.12. The number of hydrogen-bond donors (Lipinski definition) is 1. The molecule has 0 bridgehead atoms. The molecule has 0 aliphatic heterocycles. The molecule has 0 saturated carbocycles. The zero-order valence-electron chi connectivity index (χ0n) is 13.0. The number of halogens is 1. The summed E-state index contributed by atoms with van der Waals surface area (Å²) >= 11 is 3.59. The average Bonchev–Trinajstić information content (AvgIpc) is 2.91. The fourth-order valence-electron chi connectivity index (χ4n) is 2.64. The summed E-state index contributed by atoms with van der Waals surface area (Å²) < 4.78 is 3.15.